The van der Waals surface area contributed by atoms with E-state index >= 15 is 0 Å². The number of amides is 3. The van der Waals surface area contributed by atoms with Crippen molar-refractivity contribution in [2.45, 2.75) is 51.9 Å². The van der Waals surface area contributed by atoms with Crippen LogP contribution in [-0.2, 0) is 14.3 Å². The molecule has 0 aliphatic carbocycles. The maximum atomic E-state index is 12.1. The van der Waals surface area contributed by atoms with Crippen LogP contribution >= 0.6 is 0 Å². The highest BCUT2D eigenvalue weighted by Gasteiger charge is 2.35. The van der Waals surface area contributed by atoms with Crippen molar-refractivity contribution in [2.75, 3.05) is 13.1 Å². The number of azide groups is 1. The molecular formula is C13H21N5O5. The molecule has 1 saturated heterocycles. The van der Waals surface area contributed by atoms with Gasteiger partial charge in [0.05, 0.1) is 12.6 Å². The van der Waals surface area contributed by atoms with Gasteiger partial charge in [-0.1, -0.05) is 5.11 Å². The van der Waals surface area contributed by atoms with Crippen molar-refractivity contribution in [2.24, 2.45) is 5.11 Å². The maximum Gasteiger partial charge on any atom is 0.414 e. The summed E-state index contributed by atoms with van der Waals surface area (Å²) < 4.78 is 10.4. The first-order valence-electron chi connectivity index (χ1n) is 7.12. The molecule has 10 nitrogen and oxygen atoms in total. The van der Waals surface area contributed by atoms with Crippen molar-refractivity contribution in [1.29, 1.82) is 0 Å². The smallest absolute Gasteiger partial charge is 0.414 e. The molecule has 0 saturated carbocycles. The first-order chi connectivity index (χ1) is 10.6. The van der Waals surface area contributed by atoms with Crippen molar-refractivity contribution in [1.82, 2.24) is 10.2 Å². The van der Waals surface area contributed by atoms with Gasteiger partial charge in [0.15, 0.2) is 0 Å². The molecule has 1 rings (SSSR count). The van der Waals surface area contributed by atoms with Gasteiger partial charge in [-0.2, -0.15) is 0 Å². The second kappa shape index (κ2) is 7.68. The molecule has 0 aromatic heterocycles. The molecule has 1 fully saturated rings. The van der Waals surface area contributed by atoms with Crippen molar-refractivity contribution < 1.29 is 23.9 Å². The molecule has 0 aromatic carbocycles. The highest BCUT2D eigenvalue weighted by molar-refractivity contribution is 5.90. The van der Waals surface area contributed by atoms with Crippen LogP contribution in [0.2, 0.25) is 0 Å². The summed E-state index contributed by atoms with van der Waals surface area (Å²) in [5, 5.41) is 5.54. The Labute approximate surface area is 133 Å². The molecule has 2 atom stereocenters. The van der Waals surface area contributed by atoms with Gasteiger partial charge in [0.2, 0.25) is 5.91 Å². The molecule has 0 unspecified atom stereocenters. The van der Waals surface area contributed by atoms with E-state index in [1.54, 1.807) is 20.8 Å². The highest BCUT2D eigenvalue weighted by Crippen LogP contribution is 2.20. The molecule has 1 heterocycles. The number of likely N-dealkylation sites (tertiary alicyclic amines) is 1. The Kier molecular flexibility index (Phi) is 6.20. The van der Waals surface area contributed by atoms with E-state index < -0.39 is 35.8 Å². The topological polar surface area (TPSA) is 134 Å². The molecule has 1 aliphatic heterocycles. The summed E-state index contributed by atoms with van der Waals surface area (Å²) in [7, 11) is 0. The molecule has 0 spiro atoms. The Balaban J connectivity index is 2.76. The van der Waals surface area contributed by atoms with E-state index in [2.05, 4.69) is 10.0 Å². The third kappa shape index (κ3) is 6.43. The van der Waals surface area contributed by atoms with Crippen LogP contribution < -0.4 is 5.32 Å². The van der Waals surface area contributed by atoms with Crippen molar-refractivity contribution >= 4 is 18.1 Å². The minimum Gasteiger partial charge on any atom is -0.444 e. The number of piperidine rings is 1. The molecule has 1 N–H and O–H groups in total. The zero-order chi connectivity index (χ0) is 17.6. The molecule has 0 aromatic rings. The fourth-order valence-electron chi connectivity index (χ4n) is 2.02. The van der Waals surface area contributed by atoms with E-state index in [0.29, 0.717) is 13.0 Å². The second-order valence-electron chi connectivity index (χ2n) is 6.11. The largest absolute Gasteiger partial charge is 0.444 e. The van der Waals surface area contributed by atoms with Gasteiger partial charge in [-0.3, -0.25) is 10.1 Å². The summed E-state index contributed by atoms with van der Waals surface area (Å²) in [6, 6.07) is -0.614. The van der Waals surface area contributed by atoms with Gasteiger partial charge < -0.3 is 14.4 Å². The standard InChI is InChI=1S/C13H21N5O5/c1-8(19)15-11(20)22-10-7-18(6-5-9(10)16-17-14)12(21)23-13(2,3)4/h9-10H,5-7H2,1-4H3,(H,15,19,20)/t9-,10-/m1/s1. The number of hydrogen-bond acceptors (Lipinski definition) is 6. The van der Waals surface area contributed by atoms with Crippen LogP contribution in [0.5, 0.6) is 0 Å². The van der Waals surface area contributed by atoms with Crippen LogP contribution in [0.4, 0.5) is 9.59 Å². The number of nitrogens with one attached hydrogen (secondary N) is 1. The van der Waals surface area contributed by atoms with Crippen LogP contribution in [-0.4, -0.2) is 53.8 Å². The summed E-state index contributed by atoms with van der Waals surface area (Å²) >= 11 is 0. The minimum atomic E-state index is -0.952. The van der Waals surface area contributed by atoms with Gasteiger partial charge >= 0.3 is 12.2 Å². The van der Waals surface area contributed by atoms with Crippen molar-refractivity contribution in [3.8, 4) is 0 Å². The molecule has 10 heteroatoms. The van der Waals surface area contributed by atoms with Gasteiger partial charge in [0.1, 0.15) is 11.7 Å². The predicted molar refractivity (Wildman–Crippen MR) is 79.4 cm³/mol. The Bertz CT molecular complexity index is 523. The van der Waals surface area contributed by atoms with E-state index in [1.165, 1.54) is 11.8 Å². The number of ether oxygens (including phenoxy) is 2. The first kappa shape index (κ1) is 18.6. The fourth-order valence-corrected chi connectivity index (χ4v) is 2.02. The molecule has 23 heavy (non-hydrogen) atoms. The molecule has 0 radical (unpaired) electrons. The lowest BCUT2D eigenvalue weighted by atomic mass is 10.0. The van der Waals surface area contributed by atoms with E-state index in [1.807, 2.05) is 5.32 Å². The van der Waals surface area contributed by atoms with Crippen LogP contribution in [0.3, 0.4) is 0 Å². The third-order valence-corrected chi connectivity index (χ3v) is 2.91. The van der Waals surface area contributed by atoms with Crippen molar-refractivity contribution in [3.63, 3.8) is 0 Å². The van der Waals surface area contributed by atoms with E-state index in [4.69, 9.17) is 15.0 Å². The van der Waals surface area contributed by atoms with Crippen LogP contribution in [0.25, 0.3) is 10.4 Å². The fraction of sp³-hybridized carbons (Fsp3) is 0.769. The number of imide groups is 1. The van der Waals surface area contributed by atoms with E-state index in [0.717, 1.165) is 0 Å². The Morgan fingerprint density at radius 3 is 2.52 bits per heavy atom. The Morgan fingerprint density at radius 1 is 1.35 bits per heavy atom. The lowest BCUT2D eigenvalue weighted by molar-refractivity contribution is -0.118. The van der Waals surface area contributed by atoms with Gasteiger partial charge in [-0.25, -0.2) is 9.59 Å². The molecule has 0 bridgehead atoms. The van der Waals surface area contributed by atoms with Crippen LogP contribution in [0, 0.1) is 0 Å². The van der Waals surface area contributed by atoms with E-state index in [-0.39, 0.29) is 6.54 Å². The molecule has 128 valence electrons. The number of carbonyl (C=O) groups excluding carboxylic acids is 3. The number of nitrogens with zero attached hydrogens (tertiary/aromatic N) is 4. The monoisotopic (exact) mass is 327 g/mol. The first-order valence-corrected chi connectivity index (χ1v) is 7.12. The third-order valence-electron chi connectivity index (χ3n) is 2.91. The normalized spacial score (nSPS) is 21.0. The average Bonchev–Trinajstić information content (AvgIpc) is 2.37. The summed E-state index contributed by atoms with van der Waals surface area (Å²) in [5.41, 5.74) is 7.93. The quantitative estimate of drug-likeness (QED) is 0.470. The lowest BCUT2D eigenvalue weighted by Crippen LogP contribution is -2.52. The molecule has 1 aliphatic rings. The number of hydrogen-bond donors (Lipinski definition) is 1. The number of alkyl carbamates (subject to hydrolysis) is 1. The Morgan fingerprint density at radius 2 is 2.00 bits per heavy atom. The molecular weight excluding hydrogens is 306 g/mol. The summed E-state index contributed by atoms with van der Waals surface area (Å²) in [4.78, 5) is 38.6. The number of rotatable bonds is 2. The average molecular weight is 327 g/mol. The zero-order valence-corrected chi connectivity index (χ0v) is 13.6. The highest BCUT2D eigenvalue weighted by atomic mass is 16.6. The predicted octanol–water partition coefficient (Wildman–Crippen LogP) is 1.95. The van der Waals surface area contributed by atoms with E-state index in [9.17, 15) is 14.4 Å². The zero-order valence-electron chi connectivity index (χ0n) is 13.6. The summed E-state index contributed by atoms with van der Waals surface area (Å²) in [6.07, 6.45) is -2.03. The van der Waals surface area contributed by atoms with Gasteiger partial charge in [-0.05, 0) is 32.7 Å². The SMILES string of the molecule is CC(=O)NC(=O)O[C@@H]1CN(C(=O)OC(C)(C)C)CC[C@H]1N=[N+]=[N-]. The minimum absolute atomic E-state index is 0.0178. The summed E-state index contributed by atoms with van der Waals surface area (Å²) in [6.45, 7) is 6.72. The van der Waals surface area contributed by atoms with Gasteiger partial charge in [0, 0.05) is 18.4 Å². The van der Waals surface area contributed by atoms with Crippen LogP contribution in [0.1, 0.15) is 34.1 Å². The van der Waals surface area contributed by atoms with Gasteiger partial charge in [-0.15, -0.1) is 0 Å². The second-order valence-corrected chi connectivity index (χ2v) is 6.11. The number of carbonyl (C=O) groups is 3. The maximum absolute atomic E-state index is 12.1. The molecule has 3 amide bonds. The van der Waals surface area contributed by atoms with Gasteiger partial charge in [0.25, 0.3) is 0 Å². The van der Waals surface area contributed by atoms with Crippen LogP contribution in [0.15, 0.2) is 5.11 Å². The Hall–Kier alpha value is -2.48. The summed E-state index contributed by atoms with van der Waals surface area (Å²) in [5.74, 6) is -0.574. The van der Waals surface area contributed by atoms with Crippen molar-refractivity contribution in [3.05, 3.63) is 10.4 Å². The lowest BCUT2D eigenvalue weighted by Gasteiger charge is -2.36.